The zero-order chi connectivity index (χ0) is 15.4. The van der Waals surface area contributed by atoms with E-state index in [1.54, 1.807) is 38.5 Å². The molecule has 0 fully saturated rings. The molecule has 1 aromatic heterocycles. The first-order valence-electron chi connectivity index (χ1n) is 6.61. The van der Waals surface area contributed by atoms with Crippen LogP contribution in [0.25, 0.3) is 5.69 Å². The van der Waals surface area contributed by atoms with Gasteiger partial charge in [0.2, 0.25) is 0 Å². The molecule has 0 unspecified atom stereocenters. The van der Waals surface area contributed by atoms with E-state index in [-0.39, 0.29) is 10.7 Å². The van der Waals surface area contributed by atoms with Crippen molar-refractivity contribution in [3.05, 3.63) is 45.3 Å². The Kier molecular flexibility index (Phi) is 4.85. The smallest absolute Gasteiger partial charge is 0.274 e. The first kappa shape index (κ1) is 15.4. The highest BCUT2D eigenvalue weighted by atomic mass is 35.5. The minimum Gasteiger partial charge on any atom is -0.497 e. The van der Waals surface area contributed by atoms with E-state index < -0.39 is 0 Å². The molecule has 21 heavy (non-hydrogen) atoms. The minimum atomic E-state index is -0.184. The molecule has 0 aliphatic rings. The number of hydrogen-bond donors (Lipinski definition) is 0. The summed E-state index contributed by atoms with van der Waals surface area (Å²) in [5.41, 5.74) is 1.01. The molecule has 5 nitrogen and oxygen atoms in total. The molecule has 0 aliphatic carbocycles. The van der Waals surface area contributed by atoms with Gasteiger partial charge in [-0.3, -0.25) is 4.79 Å². The molecule has 112 valence electrons. The fourth-order valence-corrected chi connectivity index (χ4v) is 2.26. The summed E-state index contributed by atoms with van der Waals surface area (Å²) in [6.45, 7) is 2.01. The third kappa shape index (κ3) is 3.36. The zero-order valence-electron chi connectivity index (χ0n) is 12.2. The van der Waals surface area contributed by atoms with Crippen LogP contribution >= 0.6 is 11.6 Å². The third-order valence-electron chi connectivity index (χ3n) is 3.06. The molecule has 0 bridgehead atoms. The Morgan fingerprint density at radius 2 is 1.76 bits per heavy atom. The van der Waals surface area contributed by atoms with E-state index in [2.05, 4.69) is 5.10 Å². The number of hydrogen-bond acceptors (Lipinski definition) is 4. The summed E-state index contributed by atoms with van der Waals surface area (Å²) in [5, 5.41) is 4.37. The number of nitrogens with zero attached hydrogens (tertiary/aromatic N) is 2. The third-order valence-corrected chi connectivity index (χ3v) is 3.24. The molecule has 1 heterocycles. The molecule has 2 rings (SSSR count). The first-order chi connectivity index (χ1) is 10.1. The van der Waals surface area contributed by atoms with Crippen LogP contribution in [0, 0.1) is 0 Å². The average Bonchev–Trinajstić information content (AvgIpc) is 2.50. The predicted molar refractivity (Wildman–Crippen MR) is 81.9 cm³/mol. The molecule has 0 radical (unpaired) electrons. The van der Waals surface area contributed by atoms with Gasteiger partial charge in [-0.05, 0) is 12.5 Å². The first-order valence-corrected chi connectivity index (χ1v) is 6.99. The van der Waals surface area contributed by atoms with Crippen molar-refractivity contribution in [2.24, 2.45) is 0 Å². The van der Waals surface area contributed by atoms with Crippen LogP contribution in [0.4, 0.5) is 0 Å². The van der Waals surface area contributed by atoms with E-state index in [0.29, 0.717) is 29.2 Å². The second-order valence-corrected chi connectivity index (χ2v) is 4.92. The van der Waals surface area contributed by atoms with Crippen molar-refractivity contribution in [2.75, 3.05) is 14.2 Å². The van der Waals surface area contributed by atoms with Crippen LogP contribution in [0.1, 0.15) is 18.9 Å². The van der Waals surface area contributed by atoms with Crippen LogP contribution in [-0.4, -0.2) is 24.0 Å². The van der Waals surface area contributed by atoms with E-state index in [1.807, 2.05) is 6.92 Å². The Morgan fingerprint density at radius 1 is 1.14 bits per heavy atom. The maximum Gasteiger partial charge on any atom is 0.274 e. The normalized spacial score (nSPS) is 10.5. The standard InChI is InChI=1S/C15H17ClN2O3/c1-4-5-10-6-14(16)17-18(15(10)19)11-7-12(20-2)9-13(8-11)21-3/h6-9H,4-5H2,1-3H3. The topological polar surface area (TPSA) is 53.4 Å². The molecule has 0 spiro atoms. The van der Waals surface area contributed by atoms with Gasteiger partial charge in [-0.1, -0.05) is 24.9 Å². The summed E-state index contributed by atoms with van der Waals surface area (Å²) in [4.78, 5) is 12.5. The molecule has 2 aromatic rings. The van der Waals surface area contributed by atoms with Gasteiger partial charge in [-0.2, -0.15) is 9.78 Å². The van der Waals surface area contributed by atoms with Gasteiger partial charge in [0.1, 0.15) is 11.5 Å². The van der Waals surface area contributed by atoms with Gasteiger partial charge < -0.3 is 9.47 Å². The van der Waals surface area contributed by atoms with E-state index in [1.165, 1.54) is 4.68 Å². The number of halogens is 1. The molecule has 0 aliphatic heterocycles. The highest BCUT2D eigenvalue weighted by Gasteiger charge is 2.11. The summed E-state index contributed by atoms with van der Waals surface area (Å²) in [5.74, 6) is 1.16. The number of rotatable bonds is 5. The van der Waals surface area contributed by atoms with Gasteiger partial charge >= 0.3 is 0 Å². The lowest BCUT2D eigenvalue weighted by Gasteiger charge is -2.11. The van der Waals surface area contributed by atoms with Gasteiger partial charge in [-0.15, -0.1) is 0 Å². The van der Waals surface area contributed by atoms with Gasteiger partial charge in [0.15, 0.2) is 5.15 Å². The van der Waals surface area contributed by atoms with E-state index in [9.17, 15) is 4.79 Å². The second kappa shape index (κ2) is 6.63. The minimum absolute atomic E-state index is 0.184. The second-order valence-electron chi connectivity index (χ2n) is 4.53. The number of methoxy groups -OCH3 is 2. The van der Waals surface area contributed by atoms with E-state index >= 15 is 0 Å². The van der Waals surface area contributed by atoms with Crippen molar-refractivity contribution in [3.63, 3.8) is 0 Å². The van der Waals surface area contributed by atoms with Gasteiger partial charge in [0.25, 0.3) is 5.56 Å². The van der Waals surface area contributed by atoms with Crippen molar-refractivity contribution < 1.29 is 9.47 Å². The lowest BCUT2D eigenvalue weighted by Crippen LogP contribution is -2.24. The van der Waals surface area contributed by atoms with Crippen LogP contribution in [0.15, 0.2) is 29.1 Å². The zero-order valence-corrected chi connectivity index (χ0v) is 13.0. The molecule has 0 saturated heterocycles. The average molecular weight is 309 g/mol. The maximum atomic E-state index is 12.5. The number of ether oxygens (including phenoxy) is 2. The maximum absolute atomic E-state index is 12.5. The molecular formula is C15H17ClN2O3. The Balaban J connectivity index is 2.63. The SMILES string of the molecule is CCCc1cc(Cl)nn(-c2cc(OC)cc(OC)c2)c1=O. The molecule has 0 atom stereocenters. The Hall–Kier alpha value is -2.01. The largest absolute Gasteiger partial charge is 0.497 e. The van der Waals surface area contributed by atoms with Gasteiger partial charge in [-0.25, -0.2) is 0 Å². The van der Waals surface area contributed by atoms with E-state index in [0.717, 1.165) is 6.42 Å². The van der Waals surface area contributed by atoms with Crippen molar-refractivity contribution in [1.29, 1.82) is 0 Å². The highest BCUT2D eigenvalue weighted by Crippen LogP contribution is 2.24. The lowest BCUT2D eigenvalue weighted by molar-refractivity contribution is 0.393. The molecule has 0 amide bonds. The summed E-state index contributed by atoms with van der Waals surface area (Å²) in [7, 11) is 3.10. The lowest BCUT2D eigenvalue weighted by atomic mass is 10.2. The molecule has 1 aromatic carbocycles. The fraction of sp³-hybridized carbons (Fsp3) is 0.333. The van der Waals surface area contributed by atoms with Crippen LogP contribution in [0.5, 0.6) is 11.5 Å². The number of aryl methyl sites for hydroxylation is 1. The van der Waals surface area contributed by atoms with Crippen LogP contribution in [-0.2, 0) is 6.42 Å². The Bertz CT molecular complexity index is 676. The summed E-state index contributed by atoms with van der Waals surface area (Å²) >= 11 is 6.02. The fourth-order valence-electron chi connectivity index (χ4n) is 2.05. The van der Waals surface area contributed by atoms with Crippen molar-refractivity contribution in [1.82, 2.24) is 9.78 Å². The molecular weight excluding hydrogens is 292 g/mol. The summed E-state index contributed by atoms with van der Waals surface area (Å²) in [6.07, 6.45) is 1.51. The molecule has 6 heteroatoms. The Labute approximate surface area is 128 Å². The molecule has 0 N–H and O–H groups in total. The van der Waals surface area contributed by atoms with Crippen LogP contribution in [0.2, 0.25) is 5.15 Å². The summed E-state index contributed by atoms with van der Waals surface area (Å²) < 4.78 is 11.7. The number of benzene rings is 1. The van der Waals surface area contributed by atoms with Crippen molar-refractivity contribution >= 4 is 11.6 Å². The van der Waals surface area contributed by atoms with Crippen LogP contribution < -0.4 is 15.0 Å². The van der Waals surface area contributed by atoms with Crippen molar-refractivity contribution in [3.8, 4) is 17.2 Å². The summed E-state index contributed by atoms with van der Waals surface area (Å²) in [6, 6.07) is 6.76. The van der Waals surface area contributed by atoms with Crippen molar-refractivity contribution in [2.45, 2.75) is 19.8 Å². The Morgan fingerprint density at radius 3 is 2.29 bits per heavy atom. The highest BCUT2D eigenvalue weighted by molar-refractivity contribution is 6.29. The predicted octanol–water partition coefficient (Wildman–Crippen LogP) is 2.86. The van der Waals surface area contributed by atoms with Gasteiger partial charge in [0.05, 0.1) is 19.9 Å². The van der Waals surface area contributed by atoms with E-state index in [4.69, 9.17) is 21.1 Å². The van der Waals surface area contributed by atoms with Crippen LogP contribution in [0.3, 0.4) is 0 Å². The number of aromatic nitrogens is 2. The molecule has 0 saturated carbocycles. The quantitative estimate of drug-likeness (QED) is 0.852. The monoisotopic (exact) mass is 308 g/mol. The van der Waals surface area contributed by atoms with Gasteiger partial charge in [0, 0.05) is 23.8 Å².